The van der Waals surface area contributed by atoms with Crippen LogP contribution in [0.15, 0.2) is 48.2 Å². The van der Waals surface area contributed by atoms with Gasteiger partial charge in [-0.2, -0.15) is 0 Å². The van der Waals surface area contributed by atoms with Crippen molar-refractivity contribution in [2.45, 2.75) is 80.6 Å². The van der Waals surface area contributed by atoms with Crippen LogP contribution in [0.25, 0.3) is 16.3 Å². The minimum absolute atomic E-state index is 0.00169. The van der Waals surface area contributed by atoms with Crippen molar-refractivity contribution in [1.82, 2.24) is 9.88 Å². The number of aliphatic hydroxyl groups is 2. The molecule has 3 fully saturated rings. The molecule has 3 N–H and O–H groups in total. The summed E-state index contributed by atoms with van der Waals surface area (Å²) in [7, 11) is 3.81. The van der Waals surface area contributed by atoms with Crippen molar-refractivity contribution in [2.75, 3.05) is 14.1 Å². The Hall–Kier alpha value is -2.32. The maximum absolute atomic E-state index is 17.2. The SMILES string of the molecule is CN(C)[C@H]1C[C@@]23CC[C@]4(O2)C2CC=C(c5ccc6cnc(O)cc6c5)[C@@]2(C)CCC4(F)C=C3[C@@H](O)[C@@H]1O. The van der Waals surface area contributed by atoms with Gasteiger partial charge in [0.25, 0.3) is 0 Å². The van der Waals surface area contributed by atoms with Gasteiger partial charge in [0.1, 0.15) is 11.7 Å². The number of nitrogens with zero attached hydrogens (tertiary/aromatic N) is 2. The number of hydrogen-bond donors (Lipinski definition) is 3. The van der Waals surface area contributed by atoms with Gasteiger partial charge < -0.3 is 25.0 Å². The van der Waals surface area contributed by atoms with Crippen LogP contribution in [0, 0.1) is 11.3 Å². The zero-order chi connectivity index (χ0) is 26.0. The summed E-state index contributed by atoms with van der Waals surface area (Å²) in [6.45, 7) is 2.26. The fraction of sp³-hybridized carbons (Fsp3) is 0.567. The summed E-state index contributed by atoms with van der Waals surface area (Å²) >= 11 is 0. The molecule has 2 bridgehead atoms. The van der Waals surface area contributed by atoms with Crippen LogP contribution in [0.1, 0.15) is 51.0 Å². The molecule has 2 aromatic rings. The average molecular weight is 507 g/mol. The molecule has 0 amide bonds. The molecule has 8 atom stereocenters. The highest BCUT2D eigenvalue weighted by Crippen LogP contribution is 2.71. The van der Waals surface area contributed by atoms with Crippen molar-refractivity contribution < 1.29 is 24.4 Å². The molecule has 3 aliphatic carbocycles. The molecule has 37 heavy (non-hydrogen) atoms. The number of hydrogen-bond acceptors (Lipinski definition) is 6. The highest BCUT2D eigenvalue weighted by atomic mass is 19.1. The van der Waals surface area contributed by atoms with Gasteiger partial charge in [-0.1, -0.05) is 25.1 Å². The molecule has 196 valence electrons. The van der Waals surface area contributed by atoms with E-state index in [0.29, 0.717) is 37.7 Å². The Labute approximate surface area is 216 Å². The van der Waals surface area contributed by atoms with Gasteiger partial charge in [0.15, 0.2) is 5.67 Å². The molecule has 7 heteroatoms. The molecule has 2 unspecified atom stereocenters. The fourth-order valence-electron chi connectivity index (χ4n) is 8.73. The van der Waals surface area contributed by atoms with Gasteiger partial charge in [0.05, 0.1) is 11.7 Å². The molecule has 2 aliphatic heterocycles. The zero-order valence-electron chi connectivity index (χ0n) is 21.6. The summed E-state index contributed by atoms with van der Waals surface area (Å²) in [5.41, 5.74) is -0.777. The fourth-order valence-corrected chi connectivity index (χ4v) is 8.73. The minimum Gasteiger partial charge on any atom is -0.493 e. The van der Waals surface area contributed by atoms with Gasteiger partial charge in [-0.3, -0.25) is 0 Å². The van der Waals surface area contributed by atoms with E-state index in [4.69, 9.17) is 4.74 Å². The van der Waals surface area contributed by atoms with Gasteiger partial charge in [0.2, 0.25) is 5.88 Å². The predicted molar refractivity (Wildman–Crippen MR) is 139 cm³/mol. The summed E-state index contributed by atoms with van der Waals surface area (Å²) in [5.74, 6) is -0.0348. The Morgan fingerprint density at radius 3 is 2.68 bits per heavy atom. The monoisotopic (exact) mass is 506 g/mol. The molecular weight excluding hydrogens is 471 g/mol. The van der Waals surface area contributed by atoms with Crippen LogP contribution in [-0.4, -0.2) is 74.4 Å². The molecule has 1 aromatic carbocycles. The van der Waals surface area contributed by atoms with Crippen LogP contribution in [0.4, 0.5) is 4.39 Å². The van der Waals surface area contributed by atoms with E-state index >= 15 is 4.39 Å². The number of aromatic nitrogens is 1. The van der Waals surface area contributed by atoms with E-state index in [9.17, 15) is 15.3 Å². The average Bonchev–Trinajstić information content (AvgIpc) is 3.39. The number of fused-ring (bicyclic) bond motifs is 2. The van der Waals surface area contributed by atoms with Crippen molar-refractivity contribution >= 4 is 16.3 Å². The van der Waals surface area contributed by atoms with Crippen LogP contribution < -0.4 is 0 Å². The molecule has 3 heterocycles. The normalized spacial score (nSPS) is 44.3. The van der Waals surface area contributed by atoms with Crippen molar-refractivity contribution in [1.29, 1.82) is 0 Å². The lowest BCUT2D eigenvalue weighted by Gasteiger charge is -2.60. The lowest BCUT2D eigenvalue weighted by molar-refractivity contribution is -0.239. The second-order valence-electron chi connectivity index (χ2n) is 12.5. The number of likely N-dealkylation sites (N-methyl/N-ethyl adjacent to an activating group) is 1. The molecule has 0 radical (unpaired) electrons. The van der Waals surface area contributed by atoms with E-state index < -0.39 is 29.1 Å². The van der Waals surface area contributed by atoms with E-state index in [1.165, 1.54) is 5.57 Å². The lowest BCUT2D eigenvalue weighted by Crippen LogP contribution is -2.68. The summed E-state index contributed by atoms with van der Waals surface area (Å²) in [4.78, 5) is 5.93. The summed E-state index contributed by atoms with van der Waals surface area (Å²) in [6.07, 6.45) is 7.04. The maximum atomic E-state index is 17.2. The number of allylic oxidation sites excluding steroid dienone is 2. The second-order valence-corrected chi connectivity index (χ2v) is 12.5. The van der Waals surface area contributed by atoms with Gasteiger partial charge in [-0.05, 0) is 92.3 Å². The van der Waals surface area contributed by atoms with E-state index in [1.54, 1.807) is 18.3 Å². The first-order chi connectivity index (χ1) is 17.5. The maximum Gasteiger partial charge on any atom is 0.211 e. The van der Waals surface area contributed by atoms with E-state index in [0.717, 1.165) is 22.8 Å². The third-order valence-corrected chi connectivity index (χ3v) is 10.7. The Morgan fingerprint density at radius 2 is 1.89 bits per heavy atom. The smallest absolute Gasteiger partial charge is 0.211 e. The van der Waals surface area contributed by atoms with Crippen LogP contribution in [-0.2, 0) is 4.74 Å². The Morgan fingerprint density at radius 1 is 1.08 bits per heavy atom. The van der Waals surface area contributed by atoms with Gasteiger partial charge >= 0.3 is 0 Å². The van der Waals surface area contributed by atoms with E-state index in [-0.39, 0.29) is 23.3 Å². The number of pyridine rings is 1. The van der Waals surface area contributed by atoms with Crippen molar-refractivity contribution in [3.63, 3.8) is 0 Å². The third-order valence-electron chi connectivity index (χ3n) is 10.7. The quantitative estimate of drug-likeness (QED) is 0.531. The standard InChI is InChI=1S/C30H35FN2O4/c1-27-8-10-29(31)14-21-25(35)26(36)22(33(2)3)15-28(21)9-11-30(29,37-28)23(27)7-6-20(27)17-4-5-18-16-32-24(34)13-19(18)12-17/h4-6,12-14,16,22-23,25-26,35-36H,7-11,15H2,1-3H3,(H,32,34)/t22-,23?,25+,26+,27+,28+,29?,30-/m0/s1. The molecule has 7 rings (SSSR count). The van der Waals surface area contributed by atoms with Crippen molar-refractivity contribution in [2.24, 2.45) is 11.3 Å². The summed E-state index contributed by atoms with van der Waals surface area (Å²) in [6, 6.07) is 7.65. The van der Waals surface area contributed by atoms with Crippen LogP contribution in [0.5, 0.6) is 5.88 Å². The second kappa shape index (κ2) is 7.41. The summed E-state index contributed by atoms with van der Waals surface area (Å²) in [5, 5.41) is 33.8. The topological polar surface area (TPSA) is 86.1 Å². The molecule has 5 aliphatic rings. The largest absolute Gasteiger partial charge is 0.493 e. The number of halogens is 1. The molecule has 6 nitrogen and oxygen atoms in total. The van der Waals surface area contributed by atoms with Crippen LogP contribution in [0.3, 0.4) is 0 Å². The zero-order valence-corrected chi connectivity index (χ0v) is 21.6. The Kier molecular flexibility index (Phi) is 4.76. The third kappa shape index (κ3) is 2.92. The van der Waals surface area contributed by atoms with Crippen molar-refractivity contribution in [3.8, 4) is 5.88 Å². The number of benzene rings is 1. The first-order valence-corrected chi connectivity index (χ1v) is 13.5. The first-order valence-electron chi connectivity index (χ1n) is 13.5. The molecule has 1 saturated heterocycles. The number of aliphatic hydroxyl groups excluding tert-OH is 2. The van der Waals surface area contributed by atoms with Crippen LogP contribution in [0.2, 0.25) is 0 Å². The van der Waals surface area contributed by atoms with Crippen molar-refractivity contribution in [3.05, 3.63) is 53.8 Å². The highest BCUT2D eigenvalue weighted by Gasteiger charge is 2.74. The Balaban J connectivity index is 1.30. The van der Waals surface area contributed by atoms with Gasteiger partial charge in [-0.15, -0.1) is 0 Å². The first kappa shape index (κ1) is 23.8. The molecule has 1 aromatic heterocycles. The van der Waals surface area contributed by atoms with Crippen LogP contribution >= 0.6 is 0 Å². The molecule has 2 saturated carbocycles. The predicted octanol–water partition coefficient (Wildman–Crippen LogP) is 4.14. The molecule has 2 spiro atoms. The lowest BCUT2D eigenvalue weighted by atomic mass is 9.53. The van der Waals surface area contributed by atoms with Gasteiger partial charge in [-0.25, -0.2) is 9.37 Å². The number of aromatic hydroxyl groups is 1. The Bertz CT molecular complexity index is 1370. The number of alkyl halides is 1. The highest BCUT2D eigenvalue weighted by molar-refractivity contribution is 5.87. The van der Waals surface area contributed by atoms with E-state index in [1.807, 2.05) is 25.1 Å². The van der Waals surface area contributed by atoms with Gasteiger partial charge in [0, 0.05) is 29.6 Å². The minimum atomic E-state index is -1.68. The molecular formula is C30H35FN2O4. The van der Waals surface area contributed by atoms with E-state index in [2.05, 4.69) is 30.1 Å². The summed E-state index contributed by atoms with van der Waals surface area (Å²) < 4.78 is 24.2. The number of ether oxygens (including phenoxy) is 1. The number of rotatable bonds is 2.